The van der Waals surface area contributed by atoms with E-state index in [4.69, 9.17) is 16.9 Å². The van der Waals surface area contributed by atoms with Gasteiger partial charge in [0.25, 0.3) is 0 Å². The number of guanidine groups is 1. The van der Waals surface area contributed by atoms with Crippen molar-refractivity contribution in [2.24, 2.45) is 11.5 Å². The lowest BCUT2D eigenvalue weighted by Gasteiger charge is -2.31. The first kappa shape index (κ1) is 25.7. The van der Waals surface area contributed by atoms with Crippen molar-refractivity contribution in [3.63, 3.8) is 0 Å². The number of Topliss-reactive ketones (excluding diaryl/α,β-unsaturated/α-hetero) is 1. The van der Waals surface area contributed by atoms with Gasteiger partial charge in [0.1, 0.15) is 0 Å². The second kappa shape index (κ2) is 12.4. The van der Waals surface area contributed by atoms with Crippen molar-refractivity contribution >= 4 is 23.9 Å². The Morgan fingerprint density at radius 3 is 2.45 bits per heavy atom. The Bertz CT molecular complexity index is 786. The third kappa shape index (κ3) is 7.45. The molecule has 0 aliphatic heterocycles. The van der Waals surface area contributed by atoms with E-state index < -0.39 is 28.3 Å². The molecule has 1 aromatic rings. The minimum Gasteiger partial charge on any atom is -0.370 e. The Morgan fingerprint density at radius 1 is 1.29 bits per heavy atom. The van der Waals surface area contributed by atoms with Crippen LogP contribution >= 0.6 is 0 Å². The second-order valence-corrected chi connectivity index (χ2v) is 7.20. The number of hydrazine groups is 1. The Kier molecular flexibility index (Phi) is 10.3. The van der Waals surface area contributed by atoms with Crippen molar-refractivity contribution in [3.05, 3.63) is 46.0 Å². The first-order valence-electron chi connectivity index (χ1n) is 9.94. The standard InChI is InChI=1S/C20H29N6O5/c1-15(21)18(29)25(26(30)31)20(14-27,12-7-13-24-19(22)23)17(28)11-6-5-10-16-8-3-2-4-9-16/h2-4,8-9,15H,5-7,10-13,21H2,1H3,(H4,22,23,24)/t15-,20-/m0/s1. The molecule has 6 N–H and O–H groups in total. The first-order valence-corrected chi connectivity index (χ1v) is 9.94. The molecular weight excluding hydrogens is 404 g/mol. The number of rotatable bonds is 14. The maximum absolute atomic E-state index is 13.0. The molecule has 0 aromatic heterocycles. The van der Waals surface area contributed by atoms with E-state index in [1.54, 1.807) is 0 Å². The summed E-state index contributed by atoms with van der Waals surface area (Å²) in [5.74, 6) is -2.26. The molecule has 0 aliphatic rings. The van der Waals surface area contributed by atoms with E-state index in [-0.39, 0.29) is 36.8 Å². The van der Waals surface area contributed by atoms with Gasteiger partial charge in [-0.1, -0.05) is 30.3 Å². The van der Waals surface area contributed by atoms with E-state index in [9.17, 15) is 24.5 Å². The Morgan fingerprint density at radius 2 is 1.94 bits per heavy atom. The van der Waals surface area contributed by atoms with Crippen LogP contribution in [0.25, 0.3) is 0 Å². The molecule has 169 valence electrons. The van der Waals surface area contributed by atoms with E-state index in [1.807, 2.05) is 30.3 Å². The van der Waals surface area contributed by atoms with Gasteiger partial charge in [0.05, 0.1) is 6.04 Å². The lowest BCUT2D eigenvalue weighted by Crippen LogP contribution is -2.63. The fraction of sp³-hybridized carbons (Fsp3) is 0.500. The van der Waals surface area contributed by atoms with Crippen LogP contribution in [0, 0.1) is 15.5 Å². The summed E-state index contributed by atoms with van der Waals surface area (Å²) in [5.41, 5.74) is 9.39. The number of nitrogens with one attached hydrogen (secondary N) is 2. The maximum atomic E-state index is 13.0. The SMILES string of the molecule is C[C@H](N)C(=O)N([N+](=O)[O-])[C@]([C]=O)(CCCNC(=N)N)C(=O)CCCCc1ccccc1. The average Bonchev–Trinajstić information content (AvgIpc) is 2.73. The Labute approximate surface area is 180 Å². The summed E-state index contributed by atoms with van der Waals surface area (Å²) in [6.07, 6.45) is 2.74. The summed E-state index contributed by atoms with van der Waals surface area (Å²) >= 11 is 0. The van der Waals surface area contributed by atoms with Crippen LogP contribution in [0.5, 0.6) is 0 Å². The zero-order chi connectivity index (χ0) is 23.4. The summed E-state index contributed by atoms with van der Waals surface area (Å²) in [7, 11) is 0. The van der Waals surface area contributed by atoms with Crippen LogP contribution in [-0.2, 0) is 20.8 Å². The molecule has 0 aliphatic carbocycles. The number of nitro groups is 1. The Hall–Kier alpha value is -3.34. The van der Waals surface area contributed by atoms with Crippen LogP contribution in [0.4, 0.5) is 0 Å². The molecule has 0 unspecified atom stereocenters. The van der Waals surface area contributed by atoms with Crippen molar-refractivity contribution in [2.45, 2.75) is 57.0 Å². The third-order valence-electron chi connectivity index (χ3n) is 4.75. The molecule has 0 saturated heterocycles. The van der Waals surface area contributed by atoms with Crippen LogP contribution in [0.2, 0.25) is 0 Å². The van der Waals surface area contributed by atoms with Crippen molar-refractivity contribution in [2.75, 3.05) is 6.54 Å². The lowest BCUT2D eigenvalue weighted by atomic mass is 9.85. The number of ketones is 1. The highest BCUT2D eigenvalue weighted by atomic mass is 16.7. The van der Waals surface area contributed by atoms with E-state index in [0.717, 1.165) is 5.56 Å². The monoisotopic (exact) mass is 433 g/mol. The molecule has 0 saturated carbocycles. The summed E-state index contributed by atoms with van der Waals surface area (Å²) in [6.45, 7) is 1.31. The van der Waals surface area contributed by atoms with Crippen molar-refractivity contribution < 1.29 is 19.4 Å². The highest BCUT2D eigenvalue weighted by molar-refractivity contribution is 6.06. The number of carbonyl (C=O) groups is 2. The summed E-state index contributed by atoms with van der Waals surface area (Å²) in [4.78, 5) is 49.0. The van der Waals surface area contributed by atoms with Gasteiger partial charge in [-0.15, -0.1) is 0 Å². The molecule has 31 heavy (non-hydrogen) atoms. The number of nitrogens with zero attached hydrogens (tertiary/aromatic N) is 2. The normalized spacial score (nSPS) is 13.5. The molecule has 1 amide bonds. The molecule has 11 nitrogen and oxygen atoms in total. The maximum Gasteiger partial charge on any atom is 0.301 e. The van der Waals surface area contributed by atoms with E-state index in [2.05, 4.69) is 5.32 Å². The third-order valence-corrected chi connectivity index (χ3v) is 4.75. The van der Waals surface area contributed by atoms with Crippen molar-refractivity contribution in [1.29, 1.82) is 5.41 Å². The number of hydrogen-bond donors (Lipinski definition) is 4. The van der Waals surface area contributed by atoms with Gasteiger partial charge < -0.3 is 16.8 Å². The smallest absolute Gasteiger partial charge is 0.301 e. The minimum atomic E-state index is -2.40. The molecule has 1 rings (SSSR count). The molecule has 0 spiro atoms. The van der Waals surface area contributed by atoms with Gasteiger partial charge in [-0.05, 0) is 49.6 Å². The molecule has 2 atom stereocenters. The summed E-state index contributed by atoms with van der Waals surface area (Å²) in [5, 5.41) is 20.2. The fourth-order valence-electron chi connectivity index (χ4n) is 3.15. The highest BCUT2D eigenvalue weighted by Crippen LogP contribution is 2.25. The molecule has 11 heteroatoms. The topological polar surface area (TPSA) is 186 Å². The van der Waals surface area contributed by atoms with Crippen LogP contribution in [-0.4, -0.2) is 52.1 Å². The van der Waals surface area contributed by atoms with E-state index in [0.29, 0.717) is 19.3 Å². The largest absolute Gasteiger partial charge is 0.370 e. The quantitative estimate of drug-likeness (QED) is 0.0813. The van der Waals surface area contributed by atoms with Crippen molar-refractivity contribution in [1.82, 2.24) is 10.3 Å². The number of carbonyl (C=O) groups excluding carboxylic acids is 3. The predicted molar refractivity (Wildman–Crippen MR) is 114 cm³/mol. The van der Waals surface area contributed by atoms with Gasteiger partial charge in [-0.2, -0.15) is 0 Å². The molecular formula is C20H29N6O5. The zero-order valence-electron chi connectivity index (χ0n) is 17.5. The number of aryl methyl sites for hydroxylation is 1. The van der Waals surface area contributed by atoms with Gasteiger partial charge in [0.2, 0.25) is 11.8 Å². The van der Waals surface area contributed by atoms with Crippen LogP contribution < -0.4 is 16.8 Å². The molecule has 0 heterocycles. The highest BCUT2D eigenvalue weighted by Gasteiger charge is 2.54. The fourth-order valence-corrected chi connectivity index (χ4v) is 3.15. The predicted octanol–water partition coefficient (Wildman–Crippen LogP) is 0.448. The van der Waals surface area contributed by atoms with Crippen LogP contribution in [0.15, 0.2) is 30.3 Å². The van der Waals surface area contributed by atoms with Crippen LogP contribution in [0.3, 0.4) is 0 Å². The summed E-state index contributed by atoms with van der Waals surface area (Å²) < 4.78 is 0. The molecule has 1 aromatic carbocycles. The van der Waals surface area contributed by atoms with Gasteiger partial charge in [-0.25, -0.2) is 10.1 Å². The summed E-state index contributed by atoms with van der Waals surface area (Å²) in [6, 6.07) is 8.29. The number of nitrogens with two attached hydrogens (primary N) is 2. The van der Waals surface area contributed by atoms with Gasteiger partial charge in [0.15, 0.2) is 16.8 Å². The van der Waals surface area contributed by atoms with Gasteiger partial charge >= 0.3 is 5.91 Å². The van der Waals surface area contributed by atoms with Crippen molar-refractivity contribution in [3.8, 4) is 0 Å². The number of amides is 1. The molecule has 0 fully saturated rings. The minimum absolute atomic E-state index is 0.0119. The zero-order valence-corrected chi connectivity index (χ0v) is 17.5. The number of benzene rings is 1. The van der Waals surface area contributed by atoms with Gasteiger partial charge in [-0.3, -0.25) is 19.8 Å². The van der Waals surface area contributed by atoms with Gasteiger partial charge in [0, 0.05) is 13.0 Å². The van der Waals surface area contributed by atoms with E-state index >= 15 is 0 Å². The molecule has 0 bridgehead atoms. The lowest BCUT2D eigenvalue weighted by molar-refractivity contribution is -0.645. The van der Waals surface area contributed by atoms with E-state index in [1.165, 1.54) is 13.2 Å². The van der Waals surface area contributed by atoms with Crippen LogP contribution in [0.1, 0.15) is 44.6 Å². The number of hydrogen-bond acceptors (Lipinski definition) is 7. The number of unbranched alkanes of at least 4 members (excludes halogenated alkanes) is 1. The first-order chi connectivity index (χ1) is 14.7. The Balaban J connectivity index is 3.00. The average molecular weight is 433 g/mol. The molecule has 1 radical (unpaired) electrons. The second-order valence-electron chi connectivity index (χ2n) is 7.20.